The molecule has 0 spiro atoms. The quantitative estimate of drug-likeness (QED) is 0.244. The second-order valence-electron chi connectivity index (χ2n) is 5.98. The number of aromatic amines is 1. The first-order valence-electron chi connectivity index (χ1n) is 9.67. The van der Waals surface area contributed by atoms with Crippen LogP contribution in [0.1, 0.15) is 5.69 Å². The molecule has 0 aliphatic rings. The van der Waals surface area contributed by atoms with Crippen LogP contribution in [0.5, 0.6) is 17.2 Å². The van der Waals surface area contributed by atoms with Crippen LogP contribution in [0.2, 0.25) is 0 Å². The maximum atomic E-state index is 12.6. The summed E-state index contributed by atoms with van der Waals surface area (Å²) in [5.41, 5.74) is 1.38. The fourth-order valence-electron chi connectivity index (χ4n) is 2.40. The number of nitrogens with one attached hydrogen (secondary N) is 1. The van der Waals surface area contributed by atoms with E-state index in [-0.39, 0.29) is 66.1 Å². The number of benzene rings is 1. The molecule has 0 fully saturated rings. The zero-order valence-electron chi connectivity index (χ0n) is 19.2. The Labute approximate surface area is 218 Å². The van der Waals surface area contributed by atoms with E-state index in [1.807, 2.05) is 0 Å². The molecule has 0 saturated carbocycles. The van der Waals surface area contributed by atoms with E-state index in [4.69, 9.17) is 29.9 Å². The summed E-state index contributed by atoms with van der Waals surface area (Å²) in [6, 6.07) is 5.89. The first-order chi connectivity index (χ1) is 16.3. The van der Waals surface area contributed by atoms with Gasteiger partial charge in [-0.25, -0.2) is 4.98 Å². The van der Waals surface area contributed by atoms with Crippen molar-refractivity contribution in [3.8, 4) is 17.2 Å². The van der Waals surface area contributed by atoms with Gasteiger partial charge in [-0.2, -0.15) is 8.78 Å². The molecular formula is C20H27F2MgN3O8S+2. The molecule has 0 radical (unpaired) electrons. The molecule has 0 aliphatic heterocycles. The maximum absolute atomic E-state index is 12.6. The summed E-state index contributed by atoms with van der Waals surface area (Å²) in [5.74, 6) is 0.908. The van der Waals surface area contributed by atoms with E-state index in [9.17, 15) is 13.0 Å². The molecule has 35 heavy (non-hydrogen) atoms. The van der Waals surface area contributed by atoms with Crippen LogP contribution in [0.3, 0.4) is 0 Å². The van der Waals surface area contributed by atoms with Crippen LogP contribution >= 0.6 is 0 Å². The Morgan fingerprint density at radius 2 is 1.66 bits per heavy atom. The topological polar surface area (TPSA) is 167 Å². The number of H-pyrrole nitrogens is 1. The Hall–Kier alpha value is -2.14. The van der Waals surface area contributed by atoms with Crippen molar-refractivity contribution in [2.75, 3.05) is 40.6 Å². The summed E-state index contributed by atoms with van der Waals surface area (Å²) in [4.78, 5) is 11.3. The van der Waals surface area contributed by atoms with E-state index >= 15 is 0 Å². The van der Waals surface area contributed by atoms with Crippen LogP contribution in [-0.2, 0) is 16.6 Å². The van der Waals surface area contributed by atoms with Gasteiger partial charge in [0, 0.05) is 18.3 Å². The van der Waals surface area contributed by atoms with E-state index in [2.05, 4.69) is 19.7 Å². The number of rotatable bonds is 9. The van der Waals surface area contributed by atoms with Crippen molar-refractivity contribution in [3.05, 3.63) is 36.2 Å². The van der Waals surface area contributed by atoms with Crippen LogP contribution in [0.25, 0.3) is 11.0 Å². The molecule has 0 amide bonds. The van der Waals surface area contributed by atoms with Gasteiger partial charge >= 0.3 is 29.7 Å². The molecule has 1 unspecified atom stereocenters. The van der Waals surface area contributed by atoms with Gasteiger partial charge in [0.25, 0.3) is 0 Å². The third-order valence-electron chi connectivity index (χ3n) is 3.71. The third kappa shape index (κ3) is 11.0. The predicted molar refractivity (Wildman–Crippen MR) is 124 cm³/mol. The summed E-state index contributed by atoms with van der Waals surface area (Å²) in [6.07, 6.45) is 1.53. The first kappa shape index (κ1) is 32.9. The standard InChI is InChI=1S/C16H15F2N3O4S.2C2H6O2.Mg/c1-23-13-5-6-19-12(14(13)24-2)8-26(22)16-20-10-4-3-9(25-15(17)18)7-11(10)21-16;2*3-1-2-4;/h3-7,15H,8H2,1-2H3,(H,20,21);2*3-4H,1-2H2;/q;;;+2. The fraction of sp³-hybridized carbons (Fsp3) is 0.400. The minimum Gasteiger partial charge on any atom is -0.493 e. The Morgan fingerprint density at radius 3 is 2.17 bits per heavy atom. The molecule has 3 aromatic rings. The fourth-order valence-corrected chi connectivity index (χ4v) is 3.41. The van der Waals surface area contributed by atoms with Crippen LogP contribution in [0.15, 0.2) is 35.6 Å². The molecule has 0 saturated heterocycles. The van der Waals surface area contributed by atoms with E-state index in [1.54, 1.807) is 6.07 Å². The van der Waals surface area contributed by atoms with Crippen molar-refractivity contribution in [1.82, 2.24) is 15.0 Å². The largest absolute Gasteiger partial charge is 2.00 e. The van der Waals surface area contributed by atoms with E-state index in [0.29, 0.717) is 28.2 Å². The number of hydrogen-bond donors (Lipinski definition) is 5. The number of methoxy groups -OCH3 is 2. The number of pyridine rings is 1. The molecule has 190 valence electrons. The van der Waals surface area contributed by atoms with Crippen LogP contribution in [0.4, 0.5) is 8.78 Å². The molecule has 15 heteroatoms. The number of aliphatic hydroxyl groups is 4. The second-order valence-corrected chi connectivity index (χ2v) is 7.34. The SMILES string of the molecule is COc1ccnc(CS(=O)c2nc3ccc(OC(F)F)cc3[nH]2)c1OC.OCCO.OCCO.[Mg+2]. The van der Waals surface area contributed by atoms with Gasteiger partial charge in [0.2, 0.25) is 0 Å². The molecule has 2 aromatic heterocycles. The number of halogens is 2. The molecular weight excluding hydrogens is 505 g/mol. The monoisotopic (exact) mass is 531 g/mol. The van der Waals surface area contributed by atoms with Gasteiger partial charge in [-0.05, 0) is 12.1 Å². The normalized spacial score (nSPS) is 10.9. The number of hydrogen-bond acceptors (Lipinski definition) is 10. The number of nitrogens with zero attached hydrogens (tertiary/aromatic N) is 2. The number of imidazole rings is 1. The minimum absolute atomic E-state index is 0. The van der Waals surface area contributed by atoms with Crippen LogP contribution in [0, 0.1) is 0 Å². The number of aliphatic hydroxyl groups excluding tert-OH is 4. The van der Waals surface area contributed by atoms with Crippen LogP contribution in [-0.4, -0.2) is 110 Å². The Morgan fingerprint density at radius 1 is 1.03 bits per heavy atom. The molecule has 0 bridgehead atoms. The third-order valence-corrected chi connectivity index (χ3v) is 4.87. The van der Waals surface area contributed by atoms with Crippen molar-refractivity contribution in [1.29, 1.82) is 0 Å². The van der Waals surface area contributed by atoms with Gasteiger partial charge in [0.15, 0.2) is 16.7 Å². The van der Waals surface area contributed by atoms with Crippen molar-refractivity contribution in [3.63, 3.8) is 0 Å². The molecule has 5 N–H and O–H groups in total. The van der Waals surface area contributed by atoms with Gasteiger partial charge in [-0.15, -0.1) is 0 Å². The van der Waals surface area contributed by atoms with Crippen LogP contribution < -0.4 is 14.2 Å². The van der Waals surface area contributed by atoms with Gasteiger partial charge < -0.3 is 39.6 Å². The molecule has 3 rings (SSSR count). The minimum atomic E-state index is -2.92. The molecule has 2 heterocycles. The maximum Gasteiger partial charge on any atom is 2.00 e. The second kappa shape index (κ2) is 18.2. The summed E-state index contributed by atoms with van der Waals surface area (Å²) < 4.78 is 52.1. The number of fused-ring (bicyclic) bond motifs is 1. The summed E-state index contributed by atoms with van der Waals surface area (Å²) in [5, 5.41) is 30.7. The van der Waals surface area contributed by atoms with E-state index in [1.165, 1.54) is 38.6 Å². The van der Waals surface area contributed by atoms with Gasteiger partial charge in [-0.1, -0.05) is 0 Å². The predicted octanol–water partition coefficient (Wildman–Crippen LogP) is 0.445. The van der Waals surface area contributed by atoms with Crippen molar-refractivity contribution < 1.29 is 47.6 Å². The number of alkyl halides is 2. The van der Waals surface area contributed by atoms with Crippen molar-refractivity contribution in [2.45, 2.75) is 17.5 Å². The summed E-state index contributed by atoms with van der Waals surface area (Å²) >= 11 is 0. The zero-order chi connectivity index (χ0) is 25.5. The molecule has 1 aromatic carbocycles. The summed E-state index contributed by atoms with van der Waals surface area (Å²) in [6.45, 7) is -3.42. The first-order valence-corrected chi connectivity index (χ1v) is 11.0. The Kier molecular flexibility index (Phi) is 17.1. The molecule has 1 atom stereocenters. The smallest absolute Gasteiger partial charge is 0.493 e. The zero-order valence-corrected chi connectivity index (χ0v) is 21.4. The van der Waals surface area contributed by atoms with Gasteiger partial charge in [-0.3, -0.25) is 9.19 Å². The Bertz CT molecular complexity index is 1020. The molecule has 0 aliphatic carbocycles. The van der Waals surface area contributed by atoms with Crippen molar-refractivity contribution in [2.24, 2.45) is 0 Å². The van der Waals surface area contributed by atoms with Gasteiger partial charge in [0.05, 0.1) is 73.9 Å². The average Bonchev–Trinajstić information content (AvgIpc) is 3.27. The molecule has 11 nitrogen and oxygen atoms in total. The van der Waals surface area contributed by atoms with Crippen molar-refractivity contribution >= 4 is 44.9 Å². The van der Waals surface area contributed by atoms with E-state index < -0.39 is 17.4 Å². The number of ether oxygens (including phenoxy) is 3. The van der Waals surface area contributed by atoms with Gasteiger partial charge in [0.1, 0.15) is 5.75 Å². The van der Waals surface area contributed by atoms with E-state index in [0.717, 1.165) is 0 Å². The Balaban J connectivity index is 0.00000112. The number of aromatic nitrogens is 3. The summed E-state index contributed by atoms with van der Waals surface area (Å²) in [7, 11) is 1.41. The average molecular weight is 532 g/mol.